The maximum absolute atomic E-state index is 12.7. The topological polar surface area (TPSA) is 56.2 Å². The van der Waals surface area contributed by atoms with E-state index in [1.807, 2.05) is 54.8 Å². The first-order valence-electron chi connectivity index (χ1n) is 9.69. The molecule has 0 atom stereocenters. The molecule has 4 rings (SSSR count). The highest BCUT2D eigenvalue weighted by Gasteiger charge is 2.15. The van der Waals surface area contributed by atoms with Crippen LogP contribution in [0.15, 0.2) is 66.7 Å². The van der Waals surface area contributed by atoms with Gasteiger partial charge in [-0.15, -0.1) is 0 Å². The second kappa shape index (κ2) is 8.59. The first-order chi connectivity index (χ1) is 14.5. The molecule has 0 spiro atoms. The van der Waals surface area contributed by atoms with Crippen LogP contribution in [0, 0.1) is 13.8 Å². The summed E-state index contributed by atoms with van der Waals surface area (Å²) in [5.41, 5.74) is 4.61. The number of nitrogens with one attached hydrogen (secondary N) is 1. The van der Waals surface area contributed by atoms with Crippen LogP contribution >= 0.6 is 11.6 Å². The van der Waals surface area contributed by atoms with Crippen molar-refractivity contribution in [1.82, 2.24) is 9.55 Å². The van der Waals surface area contributed by atoms with Gasteiger partial charge in [0.25, 0.3) is 0 Å². The zero-order valence-electron chi connectivity index (χ0n) is 16.9. The van der Waals surface area contributed by atoms with E-state index in [2.05, 4.69) is 11.4 Å². The SMILES string of the molecule is Cc1ccc(C)c(OCc2nc3ccccc3n2CC(=O)Nc2ccc(Cl)cc2)c1. The van der Waals surface area contributed by atoms with Crippen LogP contribution in [-0.4, -0.2) is 15.5 Å². The van der Waals surface area contributed by atoms with Gasteiger partial charge in [0.15, 0.2) is 0 Å². The number of imidazole rings is 1. The molecule has 4 aromatic rings. The summed E-state index contributed by atoms with van der Waals surface area (Å²) in [6, 6.07) is 20.9. The lowest BCUT2D eigenvalue weighted by atomic mass is 10.1. The molecule has 6 heteroatoms. The van der Waals surface area contributed by atoms with Gasteiger partial charge in [0.2, 0.25) is 5.91 Å². The number of anilines is 1. The van der Waals surface area contributed by atoms with Crippen LogP contribution < -0.4 is 10.1 Å². The first-order valence-corrected chi connectivity index (χ1v) is 10.1. The number of fused-ring (bicyclic) bond motifs is 1. The van der Waals surface area contributed by atoms with Crippen molar-refractivity contribution < 1.29 is 9.53 Å². The Morgan fingerprint density at radius 1 is 1.07 bits per heavy atom. The Bertz CT molecular complexity index is 1200. The van der Waals surface area contributed by atoms with Crippen molar-refractivity contribution >= 4 is 34.2 Å². The predicted molar refractivity (Wildman–Crippen MR) is 120 cm³/mol. The normalized spacial score (nSPS) is 10.9. The Labute approximate surface area is 180 Å². The molecule has 1 aromatic heterocycles. The molecule has 0 saturated carbocycles. The maximum Gasteiger partial charge on any atom is 0.244 e. The van der Waals surface area contributed by atoms with Crippen LogP contribution in [0.25, 0.3) is 11.0 Å². The molecular formula is C24H22ClN3O2. The molecule has 0 fully saturated rings. The molecule has 1 N–H and O–H groups in total. The lowest BCUT2D eigenvalue weighted by Gasteiger charge is -2.12. The van der Waals surface area contributed by atoms with Gasteiger partial charge in [-0.25, -0.2) is 4.98 Å². The third kappa shape index (κ3) is 4.47. The van der Waals surface area contributed by atoms with Gasteiger partial charge in [-0.2, -0.15) is 0 Å². The highest BCUT2D eigenvalue weighted by atomic mass is 35.5. The van der Waals surface area contributed by atoms with Gasteiger partial charge in [-0.1, -0.05) is 35.9 Å². The summed E-state index contributed by atoms with van der Waals surface area (Å²) >= 11 is 5.92. The summed E-state index contributed by atoms with van der Waals surface area (Å²) in [6.45, 7) is 4.45. The fourth-order valence-electron chi connectivity index (χ4n) is 3.29. The van der Waals surface area contributed by atoms with Crippen molar-refractivity contribution in [2.75, 3.05) is 5.32 Å². The number of hydrogen-bond donors (Lipinski definition) is 1. The van der Waals surface area contributed by atoms with E-state index in [0.717, 1.165) is 27.9 Å². The van der Waals surface area contributed by atoms with E-state index in [9.17, 15) is 4.79 Å². The van der Waals surface area contributed by atoms with Crippen molar-refractivity contribution in [3.8, 4) is 5.75 Å². The molecule has 0 aliphatic heterocycles. The van der Waals surface area contributed by atoms with Crippen LogP contribution in [0.5, 0.6) is 5.75 Å². The minimum atomic E-state index is -0.145. The molecule has 1 heterocycles. The number of hydrogen-bond acceptors (Lipinski definition) is 3. The van der Waals surface area contributed by atoms with Gasteiger partial charge in [0.1, 0.15) is 24.7 Å². The van der Waals surface area contributed by atoms with Crippen LogP contribution in [-0.2, 0) is 17.9 Å². The highest BCUT2D eigenvalue weighted by molar-refractivity contribution is 6.30. The highest BCUT2D eigenvalue weighted by Crippen LogP contribution is 2.22. The quantitative estimate of drug-likeness (QED) is 0.447. The fourth-order valence-corrected chi connectivity index (χ4v) is 3.42. The second-order valence-corrected chi connectivity index (χ2v) is 7.65. The molecule has 0 saturated heterocycles. The summed E-state index contributed by atoms with van der Waals surface area (Å²) in [5.74, 6) is 1.37. The predicted octanol–water partition coefficient (Wildman–Crippen LogP) is 5.52. The molecule has 1 amide bonds. The molecule has 30 heavy (non-hydrogen) atoms. The lowest BCUT2D eigenvalue weighted by Crippen LogP contribution is -2.20. The average Bonchev–Trinajstić information content (AvgIpc) is 3.08. The zero-order valence-corrected chi connectivity index (χ0v) is 17.6. The van der Waals surface area contributed by atoms with Gasteiger partial charge < -0.3 is 14.6 Å². The van der Waals surface area contributed by atoms with Crippen molar-refractivity contribution in [3.63, 3.8) is 0 Å². The van der Waals surface area contributed by atoms with Gasteiger partial charge in [0, 0.05) is 10.7 Å². The lowest BCUT2D eigenvalue weighted by molar-refractivity contribution is -0.116. The molecular weight excluding hydrogens is 398 g/mol. The molecule has 0 bridgehead atoms. The third-order valence-electron chi connectivity index (χ3n) is 4.86. The molecule has 0 radical (unpaired) electrons. The van der Waals surface area contributed by atoms with Crippen LogP contribution in [0.2, 0.25) is 5.02 Å². The van der Waals surface area contributed by atoms with E-state index in [1.54, 1.807) is 24.3 Å². The van der Waals surface area contributed by atoms with Crippen LogP contribution in [0.3, 0.4) is 0 Å². The number of ether oxygens (including phenoxy) is 1. The smallest absolute Gasteiger partial charge is 0.244 e. The Balaban J connectivity index is 1.57. The molecule has 0 aliphatic rings. The van der Waals surface area contributed by atoms with E-state index < -0.39 is 0 Å². The number of rotatable bonds is 6. The number of amides is 1. The molecule has 5 nitrogen and oxygen atoms in total. The second-order valence-electron chi connectivity index (χ2n) is 7.22. The Morgan fingerprint density at radius 2 is 1.83 bits per heavy atom. The van der Waals surface area contributed by atoms with Crippen molar-refractivity contribution in [2.24, 2.45) is 0 Å². The first kappa shape index (κ1) is 20.0. The number of carbonyl (C=O) groups excluding carboxylic acids is 1. The monoisotopic (exact) mass is 419 g/mol. The Hall–Kier alpha value is -3.31. The zero-order chi connectivity index (χ0) is 21.1. The van der Waals surface area contributed by atoms with E-state index in [-0.39, 0.29) is 19.1 Å². The van der Waals surface area contributed by atoms with Gasteiger partial charge in [0.05, 0.1) is 11.0 Å². The Morgan fingerprint density at radius 3 is 2.63 bits per heavy atom. The van der Waals surface area contributed by atoms with Crippen molar-refractivity contribution in [3.05, 3.63) is 88.7 Å². The standard InChI is InChI=1S/C24H22ClN3O2/c1-16-7-8-17(2)22(13-16)30-15-23-27-20-5-3-4-6-21(20)28(23)14-24(29)26-19-11-9-18(25)10-12-19/h3-13H,14-15H2,1-2H3,(H,26,29). The van der Waals surface area contributed by atoms with E-state index in [0.29, 0.717) is 16.5 Å². The minimum absolute atomic E-state index is 0.134. The fraction of sp³-hybridized carbons (Fsp3) is 0.167. The third-order valence-corrected chi connectivity index (χ3v) is 5.12. The van der Waals surface area contributed by atoms with Gasteiger partial charge >= 0.3 is 0 Å². The number of benzene rings is 3. The van der Waals surface area contributed by atoms with Gasteiger partial charge in [-0.05, 0) is 67.4 Å². The summed E-state index contributed by atoms with van der Waals surface area (Å²) in [6.07, 6.45) is 0. The molecule has 0 aliphatic carbocycles. The maximum atomic E-state index is 12.7. The van der Waals surface area contributed by atoms with Crippen molar-refractivity contribution in [2.45, 2.75) is 27.0 Å². The number of aryl methyl sites for hydroxylation is 2. The largest absolute Gasteiger partial charge is 0.485 e. The van der Waals surface area contributed by atoms with E-state index in [1.165, 1.54) is 0 Å². The summed E-state index contributed by atoms with van der Waals surface area (Å²) in [7, 11) is 0. The molecule has 3 aromatic carbocycles. The van der Waals surface area contributed by atoms with E-state index in [4.69, 9.17) is 21.3 Å². The molecule has 0 unspecified atom stereocenters. The molecule has 152 valence electrons. The number of carbonyl (C=O) groups is 1. The van der Waals surface area contributed by atoms with E-state index >= 15 is 0 Å². The van der Waals surface area contributed by atoms with Gasteiger partial charge in [-0.3, -0.25) is 4.79 Å². The van der Waals surface area contributed by atoms with Crippen LogP contribution in [0.4, 0.5) is 5.69 Å². The Kier molecular flexibility index (Phi) is 5.72. The summed E-state index contributed by atoms with van der Waals surface area (Å²) in [4.78, 5) is 17.4. The number of aromatic nitrogens is 2. The summed E-state index contributed by atoms with van der Waals surface area (Å²) < 4.78 is 7.95. The number of halogens is 1. The van der Waals surface area contributed by atoms with Crippen LogP contribution in [0.1, 0.15) is 17.0 Å². The van der Waals surface area contributed by atoms with Crippen molar-refractivity contribution in [1.29, 1.82) is 0 Å². The summed E-state index contributed by atoms with van der Waals surface area (Å²) in [5, 5.41) is 3.53. The number of para-hydroxylation sites is 2. The number of nitrogens with zero attached hydrogens (tertiary/aromatic N) is 2. The average molecular weight is 420 g/mol. The minimum Gasteiger partial charge on any atom is -0.485 e.